The number of rotatable bonds is 2. The molecule has 0 unspecified atom stereocenters. The molecule has 2 fully saturated rings. The molecule has 0 aromatic heterocycles. The number of amides is 2. The first-order chi connectivity index (χ1) is 11.5. The number of carbonyl (C=O) groups is 3. The molecular weight excluding hydrogens is 346 g/mol. The molecule has 0 saturated carbocycles. The lowest BCUT2D eigenvalue weighted by molar-refractivity contribution is -0.153. The number of carboxylic acids is 1. The number of aliphatic hydroxyl groups is 1. The number of likely N-dealkylation sites (tertiary alicyclic amines) is 2. The van der Waals surface area contributed by atoms with Crippen molar-refractivity contribution in [3.8, 4) is 0 Å². The molecule has 2 aliphatic heterocycles. The number of aliphatic hydroxyl groups excluding tert-OH is 1. The van der Waals surface area contributed by atoms with E-state index in [4.69, 9.17) is 20.4 Å². The maximum atomic E-state index is 13.3. The van der Waals surface area contributed by atoms with E-state index in [0.29, 0.717) is 0 Å². The van der Waals surface area contributed by atoms with Gasteiger partial charge in [-0.05, 0) is 0 Å². The minimum absolute atomic E-state index is 0.0574. The average molecular weight is 368 g/mol. The lowest BCUT2D eigenvalue weighted by atomic mass is 9.94. The Morgan fingerprint density at radius 2 is 1.16 bits per heavy atom. The zero-order valence-electron chi connectivity index (χ0n) is 13.5. The zero-order chi connectivity index (χ0) is 19.3. The van der Waals surface area contributed by atoms with Crippen LogP contribution in [0.3, 0.4) is 0 Å². The topological polar surface area (TPSA) is 139 Å². The summed E-state index contributed by atoms with van der Waals surface area (Å²) in [6.45, 7) is -0.282. The van der Waals surface area contributed by atoms with Crippen LogP contribution in [0.25, 0.3) is 0 Å². The monoisotopic (exact) mass is 368 g/mol. The number of alkyl halides is 2. The van der Waals surface area contributed by atoms with Gasteiger partial charge in [-0.3, -0.25) is 0 Å². The van der Waals surface area contributed by atoms with Crippen LogP contribution >= 0.6 is 0 Å². The molecular formula is C14H22F2N2O7. The standard InChI is InChI=1S/C7H10FNO4.C7H12FNO3/c8-7(5(10)11)1-3-9(4-2-7)6(12)13;8-7(5-10)1-3-9(4-2-7)6(11)12/h1-4H2,(H,10,11)(H,12,13);10H,1-5H2,(H,11,12). The number of nitrogens with zero attached hydrogens (tertiary/aromatic N) is 2. The van der Waals surface area contributed by atoms with Crippen molar-refractivity contribution in [2.24, 2.45) is 0 Å². The Labute approximate surface area is 142 Å². The van der Waals surface area contributed by atoms with Crippen LogP contribution in [-0.4, -0.2) is 92.5 Å². The van der Waals surface area contributed by atoms with Crippen LogP contribution in [0.2, 0.25) is 0 Å². The third kappa shape index (κ3) is 5.69. The maximum absolute atomic E-state index is 13.3. The van der Waals surface area contributed by atoms with E-state index in [2.05, 4.69) is 0 Å². The van der Waals surface area contributed by atoms with Gasteiger partial charge in [-0.2, -0.15) is 0 Å². The molecule has 0 aromatic rings. The second-order valence-corrected chi connectivity index (χ2v) is 6.12. The van der Waals surface area contributed by atoms with E-state index in [0.717, 1.165) is 9.80 Å². The molecule has 2 rings (SSSR count). The molecule has 0 aromatic carbocycles. The molecule has 0 spiro atoms. The Morgan fingerprint density at radius 3 is 1.44 bits per heavy atom. The van der Waals surface area contributed by atoms with Gasteiger partial charge in [0, 0.05) is 51.9 Å². The normalized spacial score (nSPS) is 21.7. The van der Waals surface area contributed by atoms with Gasteiger partial charge in [0.1, 0.15) is 5.67 Å². The van der Waals surface area contributed by atoms with Crippen LogP contribution in [0.4, 0.5) is 18.4 Å². The number of piperidine rings is 2. The molecule has 4 N–H and O–H groups in total. The van der Waals surface area contributed by atoms with E-state index in [1.54, 1.807) is 0 Å². The summed E-state index contributed by atoms with van der Waals surface area (Å²) in [7, 11) is 0. The molecule has 2 heterocycles. The summed E-state index contributed by atoms with van der Waals surface area (Å²) in [6, 6.07) is 0. The summed E-state index contributed by atoms with van der Waals surface area (Å²) in [5.74, 6) is -1.50. The highest BCUT2D eigenvalue weighted by molar-refractivity contribution is 5.78. The molecule has 2 saturated heterocycles. The van der Waals surface area contributed by atoms with E-state index in [9.17, 15) is 23.2 Å². The molecule has 0 radical (unpaired) electrons. The minimum atomic E-state index is -2.24. The summed E-state index contributed by atoms with van der Waals surface area (Å²) in [4.78, 5) is 33.4. The number of halogens is 2. The van der Waals surface area contributed by atoms with Gasteiger partial charge in [-0.25, -0.2) is 23.2 Å². The van der Waals surface area contributed by atoms with Gasteiger partial charge < -0.3 is 30.2 Å². The van der Waals surface area contributed by atoms with Crippen LogP contribution in [-0.2, 0) is 4.79 Å². The fourth-order valence-corrected chi connectivity index (χ4v) is 2.52. The van der Waals surface area contributed by atoms with Crippen molar-refractivity contribution in [2.75, 3.05) is 32.8 Å². The summed E-state index contributed by atoms with van der Waals surface area (Å²) in [5, 5.41) is 34.1. The summed E-state index contributed by atoms with van der Waals surface area (Å²) in [5.41, 5.74) is -3.81. The van der Waals surface area contributed by atoms with E-state index >= 15 is 0 Å². The lowest BCUT2D eigenvalue weighted by Crippen LogP contribution is -2.47. The molecule has 9 nitrogen and oxygen atoms in total. The summed E-state index contributed by atoms with van der Waals surface area (Å²) >= 11 is 0. The Morgan fingerprint density at radius 1 is 0.800 bits per heavy atom. The predicted octanol–water partition coefficient (Wildman–Crippen LogP) is 1.01. The summed E-state index contributed by atoms with van der Waals surface area (Å²) in [6.07, 6.45) is -2.50. The van der Waals surface area contributed by atoms with Crippen molar-refractivity contribution in [1.29, 1.82) is 0 Å². The van der Waals surface area contributed by atoms with Crippen LogP contribution < -0.4 is 0 Å². The zero-order valence-corrected chi connectivity index (χ0v) is 13.5. The molecule has 2 aliphatic rings. The van der Waals surface area contributed by atoms with Crippen LogP contribution in [0, 0.1) is 0 Å². The number of carboxylic acid groups (broad SMARTS) is 3. The van der Waals surface area contributed by atoms with Gasteiger partial charge in [0.25, 0.3) is 0 Å². The second kappa shape index (κ2) is 8.28. The van der Waals surface area contributed by atoms with Gasteiger partial charge in [0.2, 0.25) is 5.67 Å². The number of hydrogen-bond acceptors (Lipinski definition) is 4. The molecule has 0 bridgehead atoms. The average Bonchev–Trinajstić information content (AvgIpc) is 2.56. The SMILES string of the molecule is O=C(O)N1CCC(F)(C(=O)O)CC1.O=C(O)N1CCC(F)(CO)CC1. The number of aliphatic carboxylic acids is 1. The molecule has 144 valence electrons. The van der Waals surface area contributed by atoms with E-state index < -0.39 is 36.1 Å². The lowest BCUT2D eigenvalue weighted by Gasteiger charge is -2.33. The molecule has 25 heavy (non-hydrogen) atoms. The smallest absolute Gasteiger partial charge is 0.407 e. The van der Waals surface area contributed by atoms with Crippen molar-refractivity contribution in [1.82, 2.24) is 9.80 Å². The Bertz CT molecular complexity index is 501. The first-order valence-corrected chi connectivity index (χ1v) is 7.71. The molecule has 2 amide bonds. The molecule has 0 atom stereocenters. The molecule has 11 heteroatoms. The van der Waals surface area contributed by atoms with E-state index in [-0.39, 0.29) is 51.9 Å². The Balaban J connectivity index is 0.000000251. The van der Waals surface area contributed by atoms with Crippen molar-refractivity contribution >= 4 is 18.2 Å². The van der Waals surface area contributed by atoms with Crippen LogP contribution in [0.15, 0.2) is 0 Å². The highest BCUT2D eigenvalue weighted by Crippen LogP contribution is 2.27. The van der Waals surface area contributed by atoms with Gasteiger partial charge in [-0.1, -0.05) is 0 Å². The van der Waals surface area contributed by atoms with Crippen LogP contribution in [0.5, 0.6) is 0 Å². The maximum Gasteiger partial charge on any atom is 0.407 e. The first-order valence-electron chi connectivity index (χ1n) is 7.71. The van der Waals surface area contributed by atoms with Crippen molar-refractivity contribution < 1.29 is 43.6 Å². The second-order valence-electron chi connectivity index (χ2n) is 6.12. The highest BCUT2D eigenvalue weighted by atomic mass is 19.1. The Hall–Kier alpha value is -2.17. The van der Waals surface area contributed by atoms with Crippen molar-refractivity contribution in [3.63, 3.8) is 0 Å². The van der Waals surface area contributed by atoms with E-state index in [1.165, 1.54) is 0 Å². The van der Waals surface area contributed by atoms with E-state index in [1.807, 2.05) is 0 Å². The summed E-state index contributed by atoms with van der Waals surface area (Å²) < 4.78 is 26.6. The van der Waals surface area contributed by atoms with Crippen molar-refractivity contribution in [2.45, 2.75) is 37.0 Å². The largest absolute Gasteiger partial charge is 0.479 e. The van der Waals surface area contributed by atoms with Gasteiger partial charge in [0.05, 0.1) is 6.61 Å². The predicted molar refractivity (Wildman–Crippen MR) is 80.1 cm³/mol. The third-order valence-electron chi connectivity index (χ3n) is 4.42. The quantitative estimate of drug-likeness (QED) is 0.570. The minimum Gasteiger partial charge on any atom is -0.479 e. The third-order valence-corrected chi connectivity index (χ3v) is 4.42. The van der Waals surface area contributed by atoms with Gasteiger partial charge >= 0.3 is 18.2 Å². The fraction of sp³-hybridized carbons (Fsp3) is 0.786. The highest BCUT2D eigenvalue weighted by Gasteiger charge is 2.42. The van der Waals surface area contributed by atoms with Gasteiger partial charge in [0.15, 0.2) is 0 Å². The van der Waals surface area contributed by atoms with Crippen LogP contribution in [0.1, 0.15) is 25.7 Å². The van der Waals surface area contributed by atoms with Crippen molar-refractivity contribution in [3.05, 3.63) is 0 Å². The Kier molecular flexibility index (Phi) is 6.91. The number of hydrogen-bond donors (Lipinski definition) is 4. The van der Waals surface area contributed by atoms with Gasteiger partial charge in [-0.15, -0.1) is 0 Å². The first kappa shape index (κ1) is 20.9. The fourth-order valence-electron chi connectivity index (χ4n) is 2.52. The molecule has 0 aliphatic carbocycles.